The SMILES string of the molecule is CC(C)(C)c1cc(S(=O)(=O)N[C@@H]2C[C@@H]3O[C@H]2[C@H]2C[C@H]23)on1. The van der Waals surface area contributed by atoms with Crippen LogP contribution in [-0.4, -0.2) is 31.8 Å². The number of hydrogen-bond donors (Lipinski definition) is 1. The molecule has 1 aromatic heterocycles. The van der Waals surface area contributed by atoms with Gasteiger partial charge in [-0.05, 0) is 24.7 Å². The fourth-order valence-electron chi connectivity index (χ4n) is 3.56. The van der Waals surface area contributed by atoms with Crippen molar-refractivity contribution >= 4 is 10.0 Å². The molecule has 116 valence electrons. The fraction of sp³-hybridized carbons (Fsp3) is 0.786. The van der Waals surface area contributed by atoms with Crippen molar-refractivity contribution < 1.29 is 17.7 Å². The molecule has 1 aromatic rings. The van der Waals surface area contributed by atoms with Crippen molar-refractivity contribution in [1.82, 2.24) is 9.88 Å². The van der Waals surface area contributed by atoms with Gasteiger partial charge in [0, 0.05) is 11.5 Å². The predicted octanol–water partition coefficient (Wildman–Crippen LogP) is 1.43. The second-order valence-electron chi connectivity index (χ2n) is 7.45. The van der Waals surface area contributed by atoms with Crippen molar-refractivity contribution in [1.29, 1.82) is 0 Å². The second-order valence-corrected chi connectivity index (χ2v) is 9.09. The van der Waals surface area contributed by atoms with Gasteiger partial charge in [0.05, 0.1) is 23.9 Å². The van der Waals surface area contributed by atoms with E-state index in [1.54, 1.807) is 0 Å². The van der Waals surface area contributed by atoms with Crippen LogP contribution in [0, 0.1) is 11.8 Å². The standard InChI is InChI=1S/C14H20N2O4S/c1-14(2,3)11-6-12(20-15-11)21(17,18)16-9-5-10-7-4-8(7)13(9)19-10/h6-10,13,16H,4-5H2,1-3H3/t7-,8+,9-,10+,13+/m1/s1. The second kappa shape index (κ2) is 4.08. The third kappa shape index (κ3) is 2.13. The Balaban J connectivity index is 1.53. The molecule has 2 saturated heterocycles. The molecule has 1 saturated carbocycles. The summed E-state index contributed by atoms with van der Waals surface area (Å²) in [4.78, 5) is 0. The highest BCUT2D eigenvalue weighted by molar-refractivity contribution is 7.89. The zero-order valence-corrected chi connectivity index (χ0v) is 13.2. The Kier molecular flexibility index (Phi) is 2.67. The fourth-order valence-corrected chi connectivity index (χ4v) is 4.71. The van der Waals surface area contributed by atoms with Gasteiger partial charge in [0.25, 0.3) is 15.1 Å². The van der Waals surface area contributed by atoms with Crippen molar-refractivity contribution in [2.45, 2.75) is 62.4 Å². The number of hydrogen-bond acceptors (Lipinski definition) is 5. The largest absolute Gasteiger partial charge is 0.373 e. The lowest BCUT2D eigenvalue weighted by atomic mass is 9.93. The molecular formula is C14H20N2O4S. The van der Waals surface area contributed by atoms with Gasteiger partial charge in [0.15, 0.2) is 0 Å². The number of fused-ring (bicyclic) bond motifs is 5. The van der Waals surface area contributed by atoms with E-state index in [0.29, 0.717) is 17.5 Å². The van der Waals surface area contributed by atoms with Crippen LogP contribution in [0.4, 0.5) is 0 Å². The van der Waals surface area contributed by atoms with Gasteiger partial charge >= 0.3 is 0 Å². The maximum atomic E-state index is 12.4. The molecule has 0 radical (unpaired) electrons. The van der Waals surface area contributed by atoms with Crippen molar-refractivity contribution in [3.8, 4) is 0 Å². The molecule has 0 unspecified atom stereocenters. The number of sulfonamides is 1. The zero-order valence-electron chi connectivity index (χ0n) is 12.4. The number of nitrogens with one attached hydrogen (secondary N) is 1. The number of nitrogens with zero attached hydrogens (tertiary/aromatic N) is 1. The lowest BCUT2D eigenvalue weighted by Crippen LogP contribution is -2.42. The summed E-state index contributed by atoms with van der Waals surface area (Å²) in [7, 11) is -3.67. The van der Waals surface area contributed by atoms with E-state index < -0.39 is 10.0 Å². The molecule has 0 amide bonds. The summed E-state index contributed by atoms with van der Waals surface area (Å²) >= 11 is 0. The lowest BCUT2D eigenvalue weighted by Gasteiger charge is -2.18. The van der Waals surface area contributed by atoms with Crippen LogP contribution >= 0.6 is 0 Å². The summed E-state index contributed by atoms with van der Waals surface area (Å²) in [6.45, 7) is 5.89. The molecule has 1 N–H and O–H groups in total. The van der Waals surface area contributed by atoms with Crippen LogP contribution < -0.4 is 4.72 Å². The van der Waals surface area contributed by atoms with Gasteiger partial charge < -0.3 is 9.26 Å². The van der Waals surface area contributed by atoms with Crippen LogP contribution in [0.3, 0.4) is 0 Å². The molecule has 3 aliphatic rings. The van der Waals surface area contributed by atoms with Gasteiger partial charge in [0.2, 0.25) is 0 Å². The van der Waals surface area contributed by atoms with E-state index in [2.05, 4.69) is 9.88 Å². The molecule has 5 atom stereocenters. The Morgan fingerprint density at radius 1 is 1.29 bits per heavy atom. The third-order valence-electron chi connectivity index (χ3n) is 4.83. The van der Waals surface area contributed by atoms with Gasteiger partial charge in [-0.25, -0.2) is 13.1 Å². The van der Waals surface area contributed by atoms with E-state index in [1.807, 2.05) is 20.8 Å². The van der Waals surface area contributed by atoms with E-state index >= 15 is 0 Å². The molecule has 6 nitrogen and oxygen atoms in total. The van der Waals surface area contributed by atoms with Gasteiger partial charge in [-0.15, -0.1) is 0 Å². The maximum Gasteiger partial charge on any atom is 0.277 e. The van der Waals surface area contributed by atoms with Crippen molar-refractivity contribution in [3.63, 3.8) is 0 Å². The normalized spacial score (nSPS) is 37.8. The highest BCUT2D eigenvalue weighted by Gasteiger charge is 2.63. The first-order valence-corrected chi connectivity index (χ1v) is 8.89. The summed E-state index contributed by atoms with van der Waals surface area (Å²) in [6, 6.07) is 1.38. The minimum atomic E-state index is -3.67. The third-order valence-corrected chi connectivity index (χ3v) is 6.17. The predicted molar refractivity (Wildman–Crippen MR) is 74.2 cm³/mol. The number of aromatic nitrogens is 1. The van der Waals surface area contributed by atoms with Crippen molar-refractivity contribution in [2.24, 2.45) is 11.8 Å². The first-order valence-electron chi connectivity index (χ1n) is 7.41. The summed E-state index contributed by atoms with van der Waals surface area (Å²) < 4.78 is 38.4. The minimum Gasteiger partial charge on any atom is -0.373 e. The van der Waals surface area contributed by atoms with Crippen LogP contribution in [-0.2, 0) is 20.2 Å². The first kappa shape index (κ1) is 13.7. The van der Waals surface area contributed by atoms with Crippen molar-refractivity contribution in [2.75, 3.05) is 0 Å². The molecule has 3 fully saturated rings. The maximum absolute atomic E-state index is 12.4. The Morgan fingerprint density at radius 2 is 2.05 bits per heavy atom. The Hall–Kier alpha value is -0.920. The molecule has 1 aliphatic carbocycles. The van der Waals surface area contributed by atoms with Gasteiger partial charge in [0.1, 0.15) is 0 Å². The minimum absolute atomic E-state index is 0.0415. The Labute approximate surface area is 124 Å². The topological polar surface area (TPSA) is 81.4 Å². The summed E-state index contributed by atoms with van der Waals surface area (Å²) in [5, 5.41) is 3.77. The summed E-state index contributed by atoms with van der Waals surface area (Å²) in [6.07, 6.45) is 2.24. The smallest absolute Gasteiger partial charge is 0.277 e. The molecule has 0 spiro atoms. The molecule has 4 rings (SSSR count). The zero-order chi connectivity index (χ0) is 15.0. The molecule has 2 aliphatic heterocycles. The van der Waals surface area contributed by atoms with E-state index in [4.69, 9.17) is 9.26 Å². The van der Waals surface area contributed by atoms with Gasteiger partial charge in [-0.2, -0.15) is 0 Å². The van der Waals surface area contributed by atoms with Gasteiger partial charge in [-0.3, -0.25) is 0 Å². The van der Waals surface area contributed by atoms with Crippen LogP contribution in [0.2, 0.25) is 0 Å². The van der Waals surface area contributed by atoms with E-state index in [9.17, 15) is 8.42 Å². The molecule has 21 heavy (non-hydrogen) atoms. The van der Waals surface area contributed by atoms with Crippen LogP contribution in [0.1, 0.15) is 39.3 Å². The molecular weight excluding hydrogens is 292 g/mol. The summed E-state index contributed by atoms with van der Waals surface area (Å²) in [5.74, 6) is 1.23. The molecule has 7 heteroatoms. The van der Waals surface area contributed by atoms with Crippen LogP contribution in [0.5, 0.6) is 0 Å². The Morgan fingerprint density at radius 3 is 2.62 bits per heavy atom. The monoisotopic (exact) mass is 312 g/mol. The quantitative estimate of drug-likeness (QED) is 0.913. The number of rotatable bonds is 3. The van der Waals surface area contributed by atoms with Gasteiger partial charge in [-0.1, -0.05) is 25.9 Å². The Bertz CT molecular complexity index is 675. The van der Waals surface area contributed by atoms with Crippen molar-refractivity contribution in [3.05, 3.63) is 11.8 Å². The average molecular weight is 312 g/mol. The van der Waals surface area contributed by atoms with E-state index in [-0.39, 0.29) is 28.8 Å². The molecule has 3 heterocycles. The molecule has 0 aromatic carbocycles. The van der Waals surface area contributed by atoms with Crippen LogP contribution in [0.25, 0.3) is 0 Å². The summed E-state index contributed by atoms with van der Waals surface area (Å²) in [5.41, 5.74) is 0.392. The highest BCUT2D eigenvalue weighted by Crippen LogP contribution is 2.58. The number of ether oxygens (including phenoxy) is 1. The average Bonchev–Trinajstić information content (AvgIpc) is 2.75. The van der Waals surface area contributed by atoms with E-state index in [0.717, 1.165) is 6.42 Å². The van der Waals surface area contributed by atoms with E-state index in [1.165, 1.54) is 12.5 Å². The lowest BCUT2D eigenvalue weighted by molar-refractivity contribution is 0.0677. The van der Waals surface area contributed by atoms with Crippen LogP contribution in [0.15, 0.2) is 15.7 Å². The first-order chi connectivity index (χ1) is 9.75. The molecule has 2 bridgehead atoms. The highest BCUT2D eigenvalue weighted by atomic mass is 32.2.